The summed E-state index contributed by atoms with van der Waals surface area (Å²) in [5.74, 6) is -1.51. The molecule has 1 aromatic rings. The second-order valence-electron chi connectivity index (χ2n) is 7.92. The van der Waals surface area contributed by atoms with E-state index in [1.165, 1.54) is 0 Å². The first-order valence-electron chi connectivity index (χ1n) is 9.86. The Morgan fingerprint density at radius 3 is 2.79 bits per heavy atom. The largest absolute Gasteiger partial charge is 0.481 e. The van der Waals surface area contributed by atoms with E-state index >= 15 is 0 Å². The van der Waals surface area contributed by atoms with Gasteiger partial charge in [-0.3, -0.25) is 14.4 Å². The van der Waals surface area contributed by atoms with E-state index in [4.69, 9.17) is 4.74 Å². The number of hydrogen-bond donors (Lipinski definition) is 2. The maximum absolute atomic E-state index is 12.8. The monoisotopic (exact) mass is 388 g/mol. The Labute approximate surface area is 165 Å². The molecule has 28 heavy (non-hydrogen) atoms. The second kappa shape index (κ2) is 8.31. The number of nitrogens with one attached hydrogen (secondary N) is 1. The van der Waals surface area contributed by atoms with Crippen LogP contribution in [0.15, 0.2) is 24.3 Å². The van der Waals surface area contributed by atoms with E-state index in [1.54, 1.807) is 4.90 Å². The van der Waals surface area contributed by atoms with Crippen LogP contribution in [0.3, 0.4) is 0 Å². The first kappa shape index (κ1) is 20.3. The molecule has 0 radical (unpaired) electrons. The molecule has 2 amide bonds. The predicted molar refractivity (Wildman–Crippen MR) is 104 cm³/mol. The fourth-order valence-electron chi connectivity index (χ4n) is 4.03. The summed E-state index contributed by atoms with van der Waals surface area (Å²) in [5, 5.41) is 12.1. The third kappa shape index (κ3) is 4.19. The molecule has 2 aliphatic rings. The molecular weight excluding hydrogens is 360 g/mol. The summed E-state index contributed by atoms with van der Waals surface area (Å²) in [6.07, 6.45) is 1.37. The highest BCUT2D eigenvalue weighted by Gasteiger charge is 2.43. The molecule has 3 unspecified atom stereocenters. The van der Waals surface area contributed by atoms with Gasteiger partial charge in [-0.25, -0.2) is 0 Å². The summed E-state index contributed by atoms with van der Waals surface area (Å²) in [7, 11) is 0. The molecule has 1 aromatic carbocycles. The normalized spacial score (nSPS) is 25.7. The maximum Gasteiger partial charge on any atom is 0.305 e. The van der Waals surface area contributed by atoms with Gasteiger partial charge in [-0.2, -0.15) is 0 Å². The molecule has 3 rings (SSSR count). The molecule has 2 heterocycles. The number of anilines is 1. The highest BCUT2D eigenvalue weighted by Crippen LogP contribution is 2.34. The van der Waals surface area contributed by atoms with E-state index in [1.807, 2.05) is 24.3 Å². The van der Waals surface area contributed by atoms with Crippen LogP contribution in [0, 0.1) is 5.92 Å². The fraction of sp³-hybridized carbons (Fsp3) is 0.571. The standard InChI is InChI=1S/C21H28N2O5/c1-3-14(2)16-6-4-5-7-17(16)23-12-15(10-18(23)24)20(27)22-21(11-19(25)26)8-9-28-13-21/h4-7,14-15H,3,8-13H2,1-2H3,(H,22,27)(H,25,26). The van der Waals surface area contributed by atoms with Crippen LogP contribution in [0.1, 0.15) is 51.0 Å². The zero-order valence-electron chi connectivity index (χ0n) is 16.4. The number of carboxylic acids is 1. The Kier molecular flexibility index (Phi) is 6.03. The Morgan fingerprint density at radius 1 is 1.39 bits per heavy atom. The Bertz CT molecular complexity index is 757. The molecule has 0 aliphatic carbocycles. The minimum Gasteiger partial charge on any atom is -0.481 e. The summed E-state index contributed by atoms with van der Waals surface area (Å²) in [4.78, 5) is 38.4. The topological polar surface area (TPSA) is 95.9 Å². The average Bonchev–Trinajstić information content (AvgIpc) is 3.27. The quantitative estimate of drug-likeness (QED) is 0.747. The lowest BCUT2D eigenvalue weighted by Crippen LogP contribution is -2.52. The molecule has 7 heteroatoms. The average molecular weight is 388 g/mol. The lowest BCUT2D eigenvalue weighted by atomic mass is 9.93. The van der Waals surface area contributed by atoms with Crippen molar-refractivity contribution >= 4 is 23.5 Å². The van der Waals surface area contributed by atoms with Gasteiger partial charge in [-0.05, 0) is 30.4 Å². The van der Waals surface area contributed by atoms with Crippen molar-refractivity contribution in [3.63, 3.8) is 0 Å². The lowest BCUT2D eigenvalue weighted by molar-refractivity contribution is -0.139. The molecule has 0 bridgehead atoms. The molecule has 2 aliphatic heterocycles. The molecule has 0 saturated carbocycles. The van der Waals surface area contributed by atoms with Gasteiger partial charge < -0.3 is 20.1 Å². The van der Waals surface area contributed by atoms with E-state index < -0.39 is 17.4 Å². The first-order chi connectivity index (χ1) is 13.3. The number of benzene rings is 1. The minimum absolute atomic E-state index is 0.0779. The van der Waals surface area contributed by atoms with Gasteiger partial charge in [-0.15, -0.1) is 0 Å². The number of nitrogens with zero attached hydrogens (tertiary/aromatic N) is 1. The number of para-hydroxylation sites is 1. The Balaban J connectivity index is 1.74. The van der Waals surface area contributed by atoms with Crippen molar-refractivity contribution in [2.45, 2.75) is 51.0 Å². The van der Waals surface area contributed by atoms with Crippen molar-refractivity contribution in [3.8, 4) is 0 Å². The van der Waals surface area contributed by atoms with Crippen molar-refractivity contribution in [1.82, 2.24) is 5.32 Å². The van der Waals surface area contributed by atoms with Crippen molar-refractivity contribution in [1.29, 1.82) is 0 Å². The molecule has 2 N–H and O–H groups in total. The van der Waals surface area contributed by atoms with Crippen molar-refractivity contribution in [3.05, 3.63) is 29.8 Å². The van der Waals surface area contributed by atoms with Gasteiger partial charge in [0.15, 0.2) is 0 Å². The van der Waals surface area contributed by atoms with Crippen molar-refractivity contribution in [2.75, 3.05) is 24.7 Å². The molecule has 3 atom stereocenters. The van der Waals surface area contributed by atoms with E-state index in [9.17, 15) is 19.5 Å². The molecular formula is C21H28N2O5. The lowest BCUT2D eigenvalue weighted by Gasteiger charge is -2.28. The van der Waals surface area contributed by atoms with E-state index in [0.717, 1.165) is 17.7 Å². The summed E-state index contributed by atoms with van der Waals surface area (Å²) in [6, 6.07) is 7.82. The van der Waals surface area contributed by atoms with Gasteiger partial charge >= 0.3 is 5.97 Å². The molecule has 152 valence electrons. The summed E-state index contributed by atoms with van der Waals surface area (Å²) < 4.78 is 5.34. The van der Waals surface area contributed by atoms with Gasteiger partial charge in [0.25, 0.3) is 0 Å². The highest BCUT2D eigenvalue weighted by molar-refractivity contribution is 6.01. The third-order valence-corrected chi connectivity index (χ3v) is 5.85. The summed E-state index contributed by atoms with van der Waals surface area (Å²) in [5.41, 5.74) is 1.08. The van der Waals surface area contributed by atoms with Crippen LogP contribution in [-0.4, -0.2) is 48.2 Å². The van der Waals surface area contributed by atoms with Gasteiger partial charge in [-0.1, -0.05) is 32.0 Å². The number of carboxylic acid groups (broad SMARTS) is 1. The first-order valence-corrected chi connectivity index (χ1v) is 9.86. The van der Waals surface area contributed by atoms with Gasteiger partial charge in [0.05, 0.1) is 24.5 Å². The summed E-state index contributed by atoms with van der Waals surface area (Å²) >= 11 is 0. The molecule has 2 fully saturated rings. The predicted octanol–water partition coefficient (Wildman–Crippen LogP) is 2.30. The molecule has 0 spiro atoms. The van der Waals surface area contributed by atoms with E-state index in [2.05, 4.69) is 19.2 Å². The summed E-state index contributed by atoms with van der Waals surface area (Å²) in [6.45, 7) is 5.15. The maximum atomic E-state index is 12.8. The third-order valence-electron chi connectivity index (χ3n) is 5.85. The number of aliphatic carboxylic acids is 1. The Hall–Kier alpha value is -2.41. The number of carbonyl (C=O) groups excluding carboxylic acids is 2. The molecule has 7 nitrogen and oxygen atoms in total. The number of rotatable bonds is 7. The van der Waals surface area contributed by atoms with Crippen LogP contribution in [0.5, 0.6) is 0 Å². The fourth-order valence-corrected chi connectivity index (χ4v) is 4.03. The van der Waals surface area contributed by atoms with Gasteiger partial charge in [0, 0.05) is 25.3 Å². The number of hydrogen-bond acceptors (Lipinski definition) is 4. The Morgan fingerprint density at radius 2 is 2.14 bits per heavy atom. The zero-order chi connectivity index (χ0) is 20.3. The van der Waals surface area contributed by atoms with Gasteiger partial charge in [0.1, 0.15) is 0 Å². The highest BCUT2D eigenvalue weighted by atomic mass is 16.5. The van der Waals surface area contributed by atoms with Crippen LogP contribution >= 0.6 is 0 Å². The second-order valence-corrected chi connectivity index (χ2v) is 7.92. The van der Waals surface area contributed by atoms with Crippen LogP contribution in [-0.2, 0) is 19.1 Å². The SMILES string of the molecule is CCC(C)c1ccccc1N1CC(C(=O)NC2(CC(=O)O)CCOC2)CC1=O. The van der Waals surface area contributed by atoms with Crippen LogP contribution in [0.25, 0.3) is 0 Å². The molecule has 2 saturated heterocycles. The number of carbonyl (C=O) groups is 3. The van der Waals surface area contributed by atoms with E-state index in [-0.39, 0.29) is 31.3 Å². The smallest absolute Gasteiger partial charge is 0.305 e. The van der Waals surface area contributed by atoms with Gasteiger partial charge in [0.2, 0.25) is 11.8 Å². The van der Waals surface area contributed by atoms with Crippen LogP contribution in [0.2, 0.25) is 0 Å². The zero-order valence-corrected chi connectivity index (χ0v) is 16.4. The van der Waals surface area contributed by atoms with Crippen LogP contribution < -0.4 is 10.2 Å². The van der Waals surface area contributed by atoms with Crippen molar-refractivity contribution in [2.24, 2.45) is 5.92 Å². The number of amides is 2. The van der Waals surface area contributed by atoms with E-state index in [0.29, 0.717) is 25.5 Å². The minimum atomic E-state index is -0.975. The van der Waals surface area contributed by atoms with Crippen LogP contribution in [0.4, 0.5) is 5.69 Å². The molecule has 0 aromatic heterocycles. The number of ether oxygens (including phenoxy) is 1. The van der Waals surface area contributed by atoms with Crippen molar-refractivity contribution < 1.29 is 24.2 Å².